The summed E-state index contributed by atoms with van der Waals surface area (Å²) in [4.78, 5) is 41.0. The Morgan fingerprint density at radius 3 is 2.94 bits per heavy atom. The molecule has 2 amide bonds. The van der Waals surface area contributed by atoms with Gasteiger partial charge in [0, 0.05) is 19.3 Å². The fourth-order valence-electron chi connectivity index (χ4n) is 5.52. The molecule has 0 saturated carbocycles. The number of anilines is 3. The number of aromatic nitrogens is 3. The highest BCUT2D eigenvalue weighted by atomic mass is 16.6. The number of cyclic esters (lactones) is 1. The number of rotatable bonds is 6. The average molecular weight is 480 g/mol. The van der Waals surface area contributed by atoms with E-state index in [1.54, 1.807) is 0 Å². The van der Waals surface area contributed by atoms with E-state index in [-0.39, 0.29) is 30.3 Å². The maximum atomic E-state index is 12.4. The molecule has 2 aromatic rings. The van der Waals surface area contributed by atoms with Gasteiger partial charge in [-0.2, -0.15) is 0 Å². The maximum absolute atomic E-state index is 12.4. The minimum atomic E-state index is -0.458. The molecule has 1 fully saturated rings. The smallest absolute Gasteiger partial charge is 0.415 e. The molecule has 5 heterocycles. The molecule has 11 heteroatoms. The number of fused-ring (bicyclic) bond motifs is 4. The van der Waals surface area contributed by atoms with Gasteiger partial charge in [0.25, 0.3) is 11.8 Å². The standard InChI is InChI=1S/C24H29N7O4/c1-13-17-7-14(8-18(17)16-4-6-30(2)22(16)27-13)9-25-5-3-15-11-31(24(33)35-15)19-10-26-23-21(28-19)29-20(32)12-34-23/h10,14-15,25H,3-9,11-12H2,1-2H3,(H,28,29,32). The summed E-state index contributed by atoms with van der Waals surface area (Å²) in [5, 5.41) is 6.18. The Morgan fingerprint density at radius 2 is 2.06 bits per heavy atom. The number of hydrogen-bond donors (Lipinski definition) is 2. The molecule has 2 unspecified atom stereocenters. The van der Waals surface area contributed by atoms with E-state index in [1.807, 2.05) is 0 Å². The van der Waals surface area contributed by atoms with Crippen molar-refractivity contribution in [1.29, 1.82) is 0 Å². The Bertz CT molecular complexity index is 1200. The van der Waals surface area contributed by atoms with Gasteiger partial charge in [-0.25, -0.2) is 19.7 Å². The number of amides is 2. The molecule has 2 aromatic heterocycles. The number of hydrogen-bond acceptors (Lipinski definition) is 9. The van der Waals surface area contributed by atoms with Crippen molar-refractivity contribution in [3.05, 3.63) is 28.6 Å². The lowest BCUT2D eigenvalue weighted by atomic mass is 10.0. The second-order valence-electron chi connectivity index (χ2n) is 9.73. The van der Waals surface area contributed by atoms with Crippen LogP contribution in [0.2, 0.25) is 0 Å². The maximum Gasteiger partial charge on any atom is 0.415 e. The molecule has 0 aromatic carbocycles. The van der Waals surface area contributed by atoms with E-state index >= 15 is 0 Å². The van der Waals surface area contributed by atoms with Gasteiger partial charge in [-0.3, -0.25) is 9.69 Å². The van der Waals surface area contributed by atoms with Gasteiger partial charge in [0.1, 0.15) is 11.9 Å². The second-order valence-corrected chi connectivity index (χ2v) is 9.73. The number of carbonyl (C=O) groups is 2. The second kappa shape index (κ2) is 8.63. The van der Waals surface area contributed by atoms with Crippen molar-refractivity contribution in [2.75, 3.05) is 55.0 Å². The molecule has 0 bridgehead atoms. The van der Waals surface area contributed by atoms with E-state index in [1.165, 1.54) is 39.3 Å². The average Bonchev–Trinajstić information content (AvgIpc) is 3.54. The summed E-state index contributed by atoms with van der Waals surface area (Å²) in [5.41, 5.74) is 5.59. The zero-order valence-corrected chi connectivity index (χ0v) is 20.0. The van der Waals surface area contributed by atoms with Crippen LogP contribution in [-0.4, -0.2) is 72.9 Å². The van der Waals surface area contributed by atoms with Crippen molar-refractivity contribution < 1.29 is 19.1 Å². The molecule has 2 atom stereocenters. The Morgan fingerprint density at radius 1 is 1.20 bits per heavy atom. The summed E-state index contributed by atoms with van der Waals surface area (Å²) in [7, 11) is 2.13. The van der Waals surface area contributed by atoms with Crippen molar-refractivity contribution in [3.63, 3.8) is 0 Å². The first-order valence-corrected chi connectivity index (χ1v) is 12.2. The molecule has 6 rings (SSSR count). The Hall–Kier alpha value is -3.47. The predicted molar refractivity (Wildman–Crippen MR) is 128 cm³/mol. The zero-order valence-electron chi connectivity index (χ0n) is 20.0. The molecule has 1 aliphatic carbocycles. The van der Waals surface area contributed by atoms with Gasteiger partial charge in [0.15, 0.2) is 18.2 Å². The van der Waals surface area contributed by atoms with Crippen LogP contribution in [0.25, 0.3) is 0 Å². The highest BCUT2D eigenvalue weighted by Crippen LogP contribution is 2.38. The van der Waals surface area contributed by atoms with E-state index in [9.17, 15) is 9.59 Å². The van der Waals surface area contributed by atoms with E-state index < -0.39 is 6.09 Å². The van der Waals surface area contributed by atoms with Crippen molar-refractivity contribution in [2.45, 2.75) is 38.7 Å². The van der Waals surface area contributed by atoms with E-state index in [0.29, 0.717) is 24.7 Å². The minimum Gasteiger partial charge on any atom is -0.465 e. The van der Waals surface area contributed by atoms with Crippen molar-refractivity contribution in [1.82, 2.24) is 20.3 Å². The summed E-state index contributed by atoms with van der Waals surface area (Å²) in [6, 6.07) is 0. The van der Waals surface area contributed by atoms with Crippen molar-refractivity contribution in [2.24, 2.45) is 5.92 Å². The predicted octanol–water partition coefficient (Wildman–Crippen LogP) is 1.22. The largest absolute Gasteiger partial charge is 0.465 e. The molecule has 184 valence electrons. The summed E-state index contributed by atoms with van der Waals surface area (Å²) in [6.45, 7) is 5.18. The quantitative estimate of drug-likeness (QED) is 0.589. The first-order chi connectivity index (χ1) is 17.0. The molecule has 2 N–H and O–H groups in total. The van der Waals surface area contributed by atoms with Crippen LogP contribution in [0, 0.1) is 12.8 Å². The van der Waals surface area contributed by atoms with E-state index in [4.69, 9.17) is 14.5 Å². The summed E-state index contributed by atoms with van der Waals surface area (Å²) >= 11 is 0. The molecule has 11 nitrogen and oxygen atoms in total. The first-order valence-electron chi connectivity index (χ1n) is 12.2. The first kappa shape index (κ1) is 22.0. The van der Waals surface area contributed by atoms with Crippen LogP contribution in [0.1, 0.15) is 28.8 Å². The topological polar surface area (TPSA) is 122 Å². The van der Waals surface area contributed by atoms with Crippen LogP contribution in [0.15, 0.2) is 6.20 Å². The molecule has 4 aliphatic rings. The van der Waals surface area contributed by atoms with Gasteiger partial charge in [-0.1, -0.05) is 0 Å². The van der Waals surface area contributed by atoms with Crippen LogP contribution >= 0.6 is 0 Å². The molecule has 1 saturated heterocycles. The Kier molecular flexibility index (Phi) is 5.43. The lowest BCUT2D eigenvalue weighted by molar-refractivity contribution is -0.118. The van der Waals surface area contributed by atoms with Gasteiger partial charge in [0.05, 0.1) is 12.7 Å². The fraction of sp³-hybridized carbons (Fsp3) is 0.542. The van der Waals surface area contributed by atoms with E-state index in [2.05, 4.69) is 39.5 Å². The number of likely N-dealkylation sites (N-methyl/N-ethyl adjacent to an activating group) is 1. The van der Waals surface area contributed by atoms with Gasteiger partial charge in [0.2, 0.25) is 0 Å². The minimum absolute atomic E-state index is 0.0924. The number of nitrogens with one attached hydrogen (secondary N) is 2. The third-order valence-electron chi connectivity index (χ3n) is 7.30. The number of ether oxygens (including phenoxy) is 2. The molecule has 35 heavy (non-hydrogen) atoms. The van der Waals surface area contributed by atoms with Crippen LogP contribution in [0.4, 0.5) is 22.2 Å². The fourth-order valence-corrected chi connectivity index (χ4v) is 5.52. The molecule has 0 radical (unpaired) electrons. The molecule has 0 spiro atoms. The lowest BCUT2D eigenvalue weighted by Gasteiger charge is -2.18. The monoisotopic (exact) mass is 479 g/mol. The normalized spacial score (nSPS) is 22.5. The van der Waals surface area contributed by atoms with Gasteiger partial charge in [-0.05, 0) is 68.3 Å². The van der Waals surface area contributed by atoms with Crippen molar-refractivity contribution in [3.8, 4) is 5.88 Å². The molecule has 3 aliphatic heterocycles. The number of nitrogens with zero attached hydrogens (tertiary/aromatic N) is 5. The van der Waals surface area contributed by atoms with Crippen LogP contribution in [-0.2, 0) is 28.8 Å². The highest BCUT2D eigenvalue weighted by molar-refractivity contribution is 5.94. The number of carbonyl (C=O) groups excluding carboxylic acids is 2. The van der Waals surface area contributed by atoms with Gasteiger partial charge >= 0.3 is 6.09 Å². The van der Waals surface area contributed by atoms with Crippen LogP contribution < -0.4 is 25.2 Å². The summed E-state index contributed by atoms with van der Waals surface area (Å²) in [6.07, 6.45) is 4.75. The molecular weight excluding hydrogens is 450 g/mol. The Balaban J connectivity index is 1.00. The van der Waals surface area contributed by atoms with Gasteiger partial charge < -0.3 is 25.0 Å². The summed E-state index contributed by atoms with van der Waals surface area (Å²) < 4.78 is 10.8. The van der Waals surface area contributed by atoms with Crippen LogP contribution in [0.5, 0.6) is 5.88 Å². The summed E-state index contributed by atoms with van der Waals surface area (Å²) in [5.74, 6) is 2.23. The number of pyridine rings is 1. The van der Waals surface area contributed by atoms with Crippen LogP contribution in [0.3, 0.4) is 0 Å². The lowest BCUT2D eigenvalue weighted by Crippen LogP contribution is -2.30. The SMILES string of the molecule is Cc1nc2c(c3c1CC(CNCCC1CN(c4cnc5c(n4)NC(=O)CO5)C(=O)O1)C3)CCN2C. The highest BCUT2D eigenvalue weighted by Gasteiger charge is 2.35. The Labute approximate surface area is 203 Å². The zero-order chi connectivity index (χ0) is 24.1. The molecular formula is C24H29N7O4. The van der Waals surface area contributed by atoms with E-state index in [0.717, 1.165) is 38.9 Å². The third-order valence-corrected chi connectivity index (χ3v) is 7.30. The van der Waals surface area contributed by atoms with Gasteiger partial charge in [-0.15, -0.1) is 0 Å². The number of aryl methyl sites for hydroxylation is 1. The third kappa shape index (κ3) is 4.03. The van der Waals surface area contributed by atoms with Crippen molar-refractivity contribution >= 4 is 29.5 Å².